The van der Waals surface area contributed by atoms with Gasteiger partial charge in [-0.2, -0.15) is 0 Å². The predicted octanol–water partition coefficient (Wildman–Crippen LogP) is 3.01. The summed E-state index contributed by atoms with van der Waals surface area (Å²) < 4.78 is 5.33. The summed E-state index contributed by atoms with van der Waals surface area (Å²) in [5.41, 5.74) is 1.47. The Labute approximate surface area is 118 Å². The number of hydrogen-bond acceptors (Lipinski definition) is 3. The number of aliphatic hydroxyl groups is 1. The van der Waals surface area contributed by atoms with Crippen molar-refractivity contribution in [2.24, 2.45) is 0 Å². The Bertz CT molecular complexity index is 537. The molecule has 0 amide bonds. The molecule has 104 valence electrons. The Morgan fingerprint density at radius 3 is 2.15 bits per heavy atom. The van der Waals surface area contributed by atoms with Gasteiger partial charge in [0.1, 0.15) is 6.10 Å². The lowest BCUT2D eigenvalue weighted by atomic mass is 9.97. The third-order valence-corrected chi connectivity index (χ3v) is 3.22. The Morgan fingerprint density at radius 2 is 1.60 bits per heavy atom. The molecule has 2 atom stereocenters. The fourth-order valence-corrected chi connectivity index (χ4v) is 2.20. The van der Waals surface area contributed by atoms with E-state index in [0.29, 0.717) is 5.56 Å². The lowest BCUT2D eigenvalue weighted by Gasteiger charge is -2.21. The third kappa shape index (κ3) is 3.53. The minimum absolute atomic E-state index is 0.0391. The van der Waals surface area contributed by atoms with Crippen LogP contribution in [0.25, 0.3) is 0 Å². The highest BCUT2D eigenvalue weighted by atomic mass is 16.5. The molecule has 2 rings (SSSR count). The molecule has 3 heteroatoms. The number of aliphatic hydroxyl groups excluding tert-OH is 1. The zero-order chi connectivity index (χ0) is 14.4. The van der Waals surface area contributed by atoms with Gasteiger partial charge in [-0.3, -0.25) is 4.79 Å². The molecule has 0 bridgehead atoms. The molecule has 0 radical (unpaired) electrons. The third-order valence-electron chi connectivity index (χ3n) is 3.22. The van der Waals surface area contributed by atoms with Crippen LogP contribution in [0.2, 0.25) is 0 Å². The number of benzene rings is 2. The molecule has 0 aliphatic carbocycles. The van der Waals surface area contributed by atoms with Crippen LogP contribution in [-0.4, -0.2) is 24.1 Å². The van der Waals surface area contributed by atoms with E-state index in [9.17, 15) is 9.90 Å². The molecule has 0 fully saturated rings. The average Bonchev–Trinajstić information content (AvgIpc) is 2.50. The molecule has 0 unspecified atom stereocenters. The van der Waals surface area contributed by atoms with Gasteiger partial charge >= 0.3 is 0 Å². The summed E-state index contributed by atoms with van der Waals surface area (Å²) in [4.78, 5) is 12.1. The average molecular weight is 270 g/mol. The lowest BCUT2D eigenvalue weighted by molar-refractivity contribution is -0.0144. The van der Waals surface area contributed by atoms with Crippen molar-refractivity contribution in [3.05, 3.63) is 71.8 Å². The summed E-state index contributed by atoms with van der Waals surface area (Å²) in [6, 6.07) is 18.4. The van der Waals surface area contributed by atoms with Crippen LogP contribution in [0.5, 0.6) is 0 Å². The van der Waals surface area contributed by atoms with Crippen molar-refractivity contribution in [2.45, 2.75) is 18.6 Å². The second-order valence-electron chi connectivity index (χ2n) is 4.63. The fourth-order valence-electron chi connectivity index (χ4n) is 2.20. The molecule has 2 aromatic carbocycles. The standard InChI is InChI=1S/C17H18O3/c1-20-17(14-10-6-3-7-11-14)16(19)12-15(18)13-8-4-2-5-9-13/h2-11,16-17,19H,12H2,1H3/t16-,17+/m1/s1. The van der Waals surface area contributed by atoms with Crippen molar-refractivity contribution in [3.8, 4) is 0 Å². The Balaban J connectivity index is 2.07. The van der Waals surface area contributed by atoms with Crippen molar-refractivity contribution in [2.75, 3.05) is 7.11 Å². The Kier molecular flexibility index (Phi) is 5.04. The van der Waals surface area contributed by atoms with Gasteiger partial charge in [0.05, 0.1) is 6.10 Å². The van der Waals surface area contributed by atoms with Gasteiger partial charge in [0.15, 0.2) is 5.78 Å². The summed E-state index contributed by atoms with van der Waals surface area (Å²) >= 11 is 0. The number of methoxy groups -OCH3 is 1. The van der Waals surface area contributed by atoms with E-state index in [2.05, 4.69) is 0 Å². The molecule has 20 heavy (non-hydrogen) atoms. The molecule has 0 saturated heterocycles. The van der Waals surface area contributed by atoms with Gasteiger partial charge in [0, 0.05) is 19.1 Å². The Morgan fingerprint density at radius 1 is 1.05 bits per heavy atom. The highest BCUT2D eigenvalue weighted by Crippen LogP contribution is 2.23. The quantitative estimate of drug-likeness (QED) is 0.821. The molecule has 0 aliphatic rings. The number of rotatable bonds is 6. The SMILES string of the molecule is CO[C@@H](c1ccccc1)[C@H](O)CC(=O)c1ccccc1. The van der Waals surface area contributed by atoms with Crippen LogP contribution in [0.1, 0.15) is 28.4 Å². The first kappa shape index (κ1) is 14.4. The van der Waals surface area contributed by atoms with Gasteiger partial charge in [-0.05, 0) is 5.56 Å². The van der Waals surface area contributed by atoms with E-state index >= 15 is 0 Å². The summed E-state index contributed by atoms with van der Waals surface area (Å²) in [7, 11) is 1.54. The molecule has 1 N–H and O–H groups in total. The van der Waals surface area contributed by atoms with Gasteiger partial charge in [-0.1, -0.05) is 60.7 Å². The maximum atomic E-state index is 12.1. The number of ether oxygens (including phenoxy) is 1. The predicted molar refractivity (Wildman–Crippen MR) is 77.6 cm³/mol. The van der Waals surface area contributed by atoms with Crippen molar-refractivity contribution in [1.82, 2.24) is 0 Å². The molecule has 0 spiro atoms. The van der Waals surface area contributed by atoms with E-state index in [0.717, 1.165) is 5.56 Å². The van der Waals surface area contributed by atoms with E-state index in [4.69, 9.17) is 4.74 Å². The van der Waals surface area contributed by atoms with Gasteiger partial charge in [0.25, 0.3) is 0 Å². The zero-order valence-electron chi connectivity index (χ0n) is 11.4. The molecule has 3 nitrogen and oxygen atoms in total. The lowest BCUT2D eigenvalue weighted by Crippen LogP contribution is -2.23. The van der Waals surface area contributed by atoms with Crippen LogP contribution in [-0.2, 0) is 4.74 Å². The number of ketones is 1. The Hall–Kier alpha value is -1.97. The van der Waals surface area contributed by atoms with Crippen molar-refractivity contribution < 1.29 is 14.6 Å². The normalized spacial score (nSPS) is 13.7. The maximum Gasteiger partial charge on any atom is 0.165 e. The number of carbonyl (C=O) groups is 1. The summed E-state index contributed by atoms with van der Waals surface area (Å²) in [6.07, 6.45) is -1.32. The van der Waals surface area contributed by atoms with E-state index in [1.165, 1.54) is 7.11 Å². The minimum Gasteiger partial charge on any atom is -0.390 e. The first-order valence-electron chi connectivity index (χ1n) is 6.56. The summed E-state index contributed by atoms with van der Waals surface area (Å²) in [5, 5.41) is 10.2. The molecular formula is C17H18O3. The highest BCUT2D eigenvalue weighted by molar-refractivity contribution is 5.96. The largest absolute Gasteiger partial charge is 0.390 e. The van der Waals surface area contributed by atoms with Crippen LogP contribution in [0.4, 0.5) is 0 Å². The highest BCUT2D eigenvalue weighted by Gasteiger charge is 2.23. The second kappa shape index (κ2) is 6.98. The molecular weight excluding hydrogens is 252 g/mol. The molecule has 0 heterocycles. The van der Waals surface area contributed by atoms with E-state index < -0.39 is 12.2 Å². The monoisotopic (exact) mass is 270 g/mol. The van der Waals surface area contributed by atoms with Gasteiger partial charge in [-0.15, -0.1) is 0 Å². The van der Waals surface area contributed by atoms with Gasteiger partial charge in [-0.25, -0.2) is 0 Å². The van der Waals surface area contributed by atoms with Crippen molar-refractivity contribution in [1.29, 1.82) is 0 Å². The number of hydrogen-bond donors (Lipinski definition) is 1. The topological polar surface area (TPSA) is 46.5 Å². The first-order chi connectivity index (χ1) is 9.72. The van der Waals surface area contributed by atoms with Crippen LogP contribution in [0.3, 0.4) is 0 Å². The van der Waals surface area contributed by atoms with Gasteiger partial charge < -0.3 is 9.84 Å². The van der Waals surface area contributed by atoms with E-state index in [1.54, 1.807) is 12.1 Å². The van der Waals surface area contributed by atoms with Crippen LogP contribution < -0.4 is 0 Å². The van der Waals surface area contributed by atoms with E-state index in [1.807, 2.05) is 48.5 Å². The second-order valence-corrected chi connectivity index (χ2v) is 4.63. The fraction of sp³-hybridized carbons (Fsp3) is 0.235. The van der Waals surface area contributed by atoms with Crippen LogP contribution in [0, 0.1) is 0 Å². The maximum absolute atomic E-state index is 12.1. The molecule has 0 aromatic heterocycles. The van der Waals surface area contributed by atoms with Crippen molar-refractivity contribution in [3.63, 3.8) is 0 Å². The smallest absolute Gasteiger partial charge is 0.165 e. The summed E-state index contributed by atoms with van der Waals surface area (Å²) in [5.74, 6) is -0.0870. The molecule has 2 aromatic rings. The van der Waals surface area contributed by atoms with E-state index in [-0.39, 0.29) is 12.2 Å². The van der Waals surface area contributed by atoms with Crippen molar-refractivity contribution >= 4 is 5.78 Å². The van der Waals surface area contributed by atoms with Gasteiger partial charge in [0.2, 0.25) is 0 Å². The molecule has 0 saturated carbocycles. The number of carbonyl (C=O) groups excluding carboxylic acids is 1. The zero-order valence-corrected chi connectivity index (χ0v) is 11.4. The minimum atomic E-state index is -0.866. The molecule has 0 aliphatic heterocycles. The summed E-state index contributed by atoms with van der Waals surface area (Å²) in [6.45, 7) is 0. The first-order valence-corrected chi connectivity index (χ1v) is 6.56. The van der Waals surface area contributed by atoms with Crippen LogP contribution in [0.15, 0.2) is 60.7 Å². The number of Topliss-reactive ketones (excluding diaryl/α,β-unsaturated/α-hetero) is 1. The van der Waals surface area contributed by atoms with Crippen LogP contribution >= 0.6 is 0 Å².